The van der Waals surface area contributed by atoms with Gasteiger partial charge in [-0.3, -0.25) is 4.90 Å². The summed E-state index contributed by atoms with van der Waals surface area (Å²) in [5.74, 6) is 0.995. The summed E-state index contributed by atoms with van der Waals surface area (Å²) in [6.07, 6.45) is 8.09. The molecule has 2 aliphatic rings. The molecule has 3 rings (SSSR count). The fourth-order valence-electron chi connectivity index (χ4n) is 2.86. The molecule has 0 radical (unpaired) electrons. The number of nitrogens with zero attached hydrogens (tertiary/aromatic N) is 3. The molecule has 2 heterocycles. The number of aromatic nitrogens is 2. The van der Waals surface area contributed by atoms with Crippen LogP contribution in [0.5, 0.6) is 0 Å². The predicted octanol–water partition coefficient (Wildman–Crippen LogP) is 2.20. The summed E-state index contributed by atoms with van der Waals surface area (Å²) < 4.78 is 2.32. The van der Waals surface area contributed by atoms with Crippen LogP contribution in [-0.4, -0.2) is 40.1 Å². The van der Waals surface area contributed by atoms with E-state index in [1.807, 2.05) is 6.08 Å². The minimum Gasteiger partial charge on any atom is -0.352 e. The Bertz CT molecular complexity index is 433. The smallest absolute Gasteiger partial charge is 0.203 e. The first-order chi connectivity index (χ1) is 8.78. The highest BCUT2D eigenvalue weighted by Crippen LogP contribution is 2.34. The van der Waals surface area contributed by atoms with Crippen LogP contribution in [0.4, 0.5) is 5.95 Å². The summed E-state index contributed by atoms with van der Waals surface area (Å²) in [6, 6.07) is 1.46. The summed E-state index contributed by atoms with van der Waals surface area (Å²) >= 11 is 0. The van der Waals surface area contributed by atoms with Crippen LogP contribution in [0.2, 0.25) is 0 Å². The van der Waals surface area contributed by atoms with Crippen LogP contribution in [0.3, 0.4) is 0 Å². The molecule has 2 fully saturated rings. The Morgan fingerprint density at radius 1 is 1.44 bits per heavy atom. The SMILES string of the molecule is C=CCNc1nc(C)cn1C1CCN(C2CC2)C1. The van der Waals surface area contributed by atoms with E-state index in [1.54, 1.807) is 0 Å². The summed E-state index contributed by atoms with van der Waals surface area (Å²) in [5, 5.41) is 3.34. The second-order valence-electron chi connectivity index (χ2n) is 5.45. The van der Waals surface area contributed by atoms with Gasteiger partial charge in [-0.05, 0) is 26.2 Å². The highest BCUT2D eigenvalue weighted by atomic mass is 15.3. The fraction of sp³-hybridized carbons (Fsp3) is 0.643. The minimum absolute atomic E-state index is 0.583. The maximum Gasteiger partial charge on any atom is 0.203 e. The summed E-state index contributed by atoms with van der Waals surface area (Å²) in [4.78, 5) is 7.20. The van der Waals surface area contributed by atoms with Crippen LogP contribution in [0.25, 0.3) is 0 Å². The number of likely N-dealkylation sites (tertiary alicyclic amines) is 1. The van der Waals surface area contributed by atoms with Gasteiger partial charge in [0, 0.05) is 31.9 Å². The van der Waals surface area contributed by atoms with E-state index in [2.05, 4.69) is 39.5 Å². The molecule has 98 valence electrons. The highest BCUT2D eigenvalue weighted by Gasteiger charge is 2.35. The molecule has 4 nitrogen and oxygen atoms in total. The van der Waals surface area contributed by atoms with Gasteiger partial charge in [-0.25, -0.2) is 4.98 Å². The molecule has 0 spiro atoms. The van der Waals surface area contributed by atoms with Gasteiger partial charge in [0.05, 0.1) is 11.7 Å². The fourth-order valence-corrected chi connectivity index (χ4v) is 2.86. The van der Waals surface area contributed by atoms with Crippen molar-refractivity contribution in [2.75, 3.05) is 25.0 Å². The first-order valence-corrected chi connectivity index (χ1v) is 6.92. The van der Waals surface area contributed by atoms with Crippen molar-refractivity contribution in [1.29, 1.82) is 0 Å². The van der Waals surface area contributed by atoms with Crippen molar-refractivity contribution in [2.45, 2.75) is 38.3 Å². The van der Waals surface area contributed by atoms with Crippen LogP contribution in [0, 0.1) is 6.92 Å². The van der Waals surface area contributed by atoms with E-state index in [0.29, 0.717) is 6.04 Å². The molecule has 1 saturated heterocycles. The average molecular weight is 246 g/mol. The van der Waals surface area contributed by atoms with E-state index in [1.165, 1.54) is 32.4 Å². The lowest BCUT2D eigenvalue weighted by Gasteiger charge is -2.17. The van der Waals surface area contributed by atoms with Crippen LogP contribution < -0.4 is 5.32 Å². The van der Waals surface area contributed by atoms with Gasteiger partial charge in [-0.15, -0.1) is 6.58 Å². The molecule has 0 amide bonds. The third-order valence-electron chi connectivity index (χ3n) is 3.91. The van der Waals surface area contributed by atoms with E-state index >= 15 is 0 Å². The molecule has 1 N–H and O–H groups in total. The van der Waals surface area contributed by atoms with Crippen LogP contribution in [-0.2, 0) is 0 Å². The van der Waals surface area contributed by atoms with E-state index in [4.69, 9.17) is 0 Å². The van der Waals surface area contributed by atoms with Gasteiger partial charge in [0.1, 0.15) is 0 Å². The molecule has 18 heavy (non-hydrogen) atoms. The van der Waals surface area contributed by atoms with Crippen molar-refractivity contribution in [1.82, 2.24) is 14.5 Å². The number of imidazole rings is 1. The van der Waals surface area contributed by atoms with Crippen LogP contribution >= 0.6 is 0 Å². The van der Waals surface area contributed by atoms with Gasteiger partial charge in [0.2, 0.25) is 5.95 Å². The van der Waals surface area contributed by atoms with Crippen LogP contribution in [0.1, 0.15) is 31.0 Å². The molecular weight excluding hydrogens is 224 g/mol. The standard InChI is InChI=1S/C14H22N4/c1-3-7-15-14-16-11(2)9-18(14)13-6-8-17(10-13)12-4-5-12/h3,9,12-13H,1,4-8,10H2,2H3,(H,15,16). The largest absolute Gasteiger partial charge is 0.352 e. The van der Waals surface area contributed by atoms with E-state index < -0.39 is 0 Å². The van der Waals surface area contributed by atoms with Gasteiger partial charge in [0.15, 0.2) is 0 Å². The number of anilines is 1. The number of rotatable bonds is 5. The van der Waals surface area contributed by atoms with Gasteiger partial charge in [0.25, 0.3) is 0 Å². The zero-order valence-corrected chi connectivity index (χ0v) is 11.1. The maximum absolute atomic E-state index is 4.56. The third-order valence-corrected chi connectivity index (χ3v) is 3.91. The zero-order chi connectivity index (χ0) is 12.5. The number of nitrogens with one attached hydrogen (secondary N) is 1. The Labute approximate surface area is 109 Å². The van der Waals surface area contributed by atoms with Crippen molar-refractivity contribution in [3.63, 3.8) is 0 Å². The lowest BCUT2D eigenvalue weighted by molar-refractivity contribution is 0.314. The molecule has 1 saturated carbocycles. The van der Waals surface area contributed by atoms with Crippen LogP contribution in [0.15, 0.2) is 18.9 Å². The first-order valence-electron chi connectivity index (χ1n) is 6.92. The predicted molar refractivity (Wildman–Crippen MR) is 73.9 cm³/mol. The Morgan fingerprint density at radius 3 is 3.00 bits per heavy atom. The molecule has 0 bridgehead atoms. The number of aryl methyl sites for hydroxylation is 1. The van der Waals surface area contributed by atoms with Gasteiger partial charge in [-0.1, -0.05) is 6.08 Å². The Balaban J connectivity index is 1.72. The summed E-state index contributed by atoms with van der Waals surface area (Å²) in [7, 11) is 0. The van der Waals surface area contributed by atoms with Gasteiger partial charge in [-0.2, -0.15) is 0 Å². The first kappa shape index (κ1) is 11.8. The van der Waals surface area contributed by atoms with E-state index in [0.717, 1.165) is 24.2 Å². The van der Waals surface area contributed by atoms with E-state index in [-0.39, 0.29) is 0 Å². The lowest BCUT2D eigenvalue weighted by atomic mass is 10.2. The lowest BCUT2D eigenvalue weighted by Crippen LogP contribution is -2.24. The molecule has 0 aromatic carbocycles. The van der Waals surface area contributed by atoms with Gasteiger partial charge < -0.3 is 9.88 Å². The van der Waals surface area contributed by atoms with Crippen molar-refractivity contribution in [3.05, 3.63) is 24.5 Å². The molecule has 4 heteroatoms. The minimum atomic E-state index is 0.583. The monoisotopic (exact) mass is 246 g/mol. The van der Waals surface area contributed by atoms with E-state index in [9.17, 15) is 0 Å². The topological polar surface area (TPSA) is 33.1 Å². The number of hydrogen-bond donors (Lipinski definition) is 1. The maximum atomic E-state index is 4.56. The van der Waals surface area contributed by atoms with Crippen molar-refractivity contribution in [3.8, 4) is 0 Å². The Hall–Kier alpha value is -1.29. The second kappa shape index (κ2) is 4.76. The third kappa shape index (κ3) is 2.29. The molecule has 1 aliphatic carbocycles. The van der Waals surface area contributed by atoms with Gasteiger partial charge >= 0.3 is 0 Å². The normalized spacial score (nSPS) is 24.4. The van der Waals surface area contributed by atoms with Crippen molar-refractivity contribution >= 4 is 5.95 Å². The quantitative estimate of drug-likeness (QED) is 0.809. The highest BCUT2D eigenvalue weighted by molar-refractivity contribution is 5.30. The number of hydrogen-bond acceptors (Lipinski definition) is 3. The molecule has 1 unspecified atom stereocenters. The molecule has 1 aromatic rings. The summed E-state index contributed by atoms with van der Waals surface area (Å²) in [6.45, 7) is 9.00. The summed E-state index contributed by atoms with van der Waals surface area (Å²) in [5.41, 5.74) is 1.09. The second-order valence-corrected chi connectivity index (χ2v) is 5.45. The molecular formula is C14H22N4. The zero-order valence-electron chi connectivity index (χ0n) is 11.1. The Morgan fingerprint density at radius 2 is 2.28 bits per heavy atom. The van der Waals surface area contributed by atoms with Crippen molar-refractivity contribution in [2.24, 2.45) is 0 Å². The molecule has 1 atom stereocenters. The Kier molecular flexibility index (Phi) is 3.12. The average Bonchev–Trinajstić information content (AvgIpc) is 2.98. The van der Waals surface area contributed by atoms with Crippen molar-refractivity contribution < 1.29 is 0 Å². The molecule has 1 aliphatic heterocycles. The molecule has 1 aromatic heterocycles.